The lowest BCUT2D eigenvalue weighted by Crippen LogP contribution is -2.19. The zero-order chi connectivity index (χ0) is 11.7. The van der Waals surface area contributed by atoms with Crippen LogP contribution in [0.15, 0.2) is 12.5 Å². The van der Waals surface area contributed by atoms with Crippen molar-refractivity contribution in [2.45, 2.75) is 12.3 Å². The second-order valence-corrected chi connectivity index (χ2v) is 3.67. The third kappa shape index (κ3) is 1.74. The van der Waals surface area contributed by atoms with E-state index in [-0.39, 0.29) is 11.7 Å². The monoisotopic (exact) mass is 246 g/mol. The van der Waals surface area contributed by atoms with Gasteiger partial charge in [-0.2, -0.15) is 0 Å². The zero-order valence-electron chi connectivity index (χ0n) is 8.12. The van der Waals surface area contributed by atoms with Crippen LogP contribution in [0.5, 0.6) is 0 Å². The van der Waals surface area contributed by atoms with Crippen LogP contribution in [0.4, 0.5) is 8.78 Å². The molecule has 16 heavy (non-hydrogen) atoms. The van der Waals surface area contributed by atoms with E-state index in [4.69, 9.17) is 17.3 Å². The molecule has 0 saturated carbocycles. The van der Waals surface area contributed by atoms with Gasteiger partial charge in [-0.25, -0.2) is 18.7 Å². The minimum absolute atomic E-state index is 0.153. The largest absolute Gasteiger partial charge is 0.346 e. The molecule has 0 aliphatic heterocycles. The summed E-state index contributed by atoms with van der Waals surface area (Å²) in [4.78, 5) is 10.4. The number of alkyl halides is 2. The summed E-state index contributed by atoms with van der Waals surface area (Å²) in [6.07, 6.45) is 0.180. The third-order valence-electron chi connectivity index (χ3n) is 2.41. The van der Waals surface area contributed by atoms with Gasteiger partial charge >= 0.3 is 0 Å². The number of rotatable bonds is 3. The fourth-order valence-corrected chi connectivity index (χ4v) is 1.85. The number of H-pyrrole nitrogens is 1. The summed E-state index contributed by atoms with van der Waals surface area (Å²) in [7, 11) is 0. The first-order valence-corrected chi connectivity index (χ1v) is 4.98. The van der Waals surface area contributed by atoms with Crippen molar-refractivity contribution in [1.29, 1.82) is 0 Å². The molecule has 1 atom stereocenters. The fraction of sp³-hybridized carbons (Fsp3) is 0.333. The van der Waals surface area contributed by atoms with Crippen LogP contribution in [0.2, 0.25) is 5.15 Å². The number of aromatic amines is 1. The maximum absolute atomic E-state index is 12.7. The molecule has 0 aliphatic carbocycles. The third-order valence-corrected chi connectivity index (χ3v) is 2.70. The van der Waals surface area contributed by atoms with Crippen LogP contribution in [0, 0.1) is 0 Å². The van der Waals surface area contributed by atoms with E-state index in [9.17, 15) is 8.78 Å². The average molecular weight is 247 g/mol. The molecule has 7 heteroatoms. The quantitative estimate of drug-likeness (QED) is 0.813. The number of aromatic nitrogens is 3. The van der Waals surface area contributed by atoms with Gasteiger partial charge < -0.3 is 10.7 Å². The van der Waals surface area contributed by atoms with E-state index in [2.05, 4.69) is 15.0 Å². The van der Waals surface area contributed by atoms with E-state index >= 15 is 0 Å². The van der Waals surface area contributed by atoms with Gasteiger partial charge in [0.2, 0.25) is 6.43 Å². The molecule has 3 N–H and O–H groups in total. The highest BCUT2D eigenvalue weighted by molar-refractivity contribution is 6.34. The van der Waals surface area contributed by atoms with E-state index in [1.54, 1.807) is 0 Å². The van der Waals surface area contributed by atoms with Gasteiger partial charge in [-0.15, -0.1) is 0 Å². The molecule has 0 saturated heterocycles. The van der Waals surface area contributed by atoms with Crippen LogP contribution in [0.1, 0.15) is 11.5 Å². The number of fused-ring (bicyclic) bond motifs is 1. The highest BCUT2D eigenvalue weighted by Crippen LogP contribution is 2.31. The lowest BCUT2D eigenvalue weighted by Gasteiger charge is -2.12. The molecule has 1 unspecified atom stereocenters. The SMILES string of the molecule is NCC(c1c[nH]c2ncnc(Cl)c12)C(F)F. The second kappa shape index (κ2) is 4.31. The summed E-state index contributed by atoms with van der Waals surface area (Å²) in [5.41, 5.74) is 6.13. The van der Waals surface area contributed by atoms with Crippen molar-refractivity contribution in [1.82, 2.24) is 15.0 Å². The molecule has 0 spiro atoms. The Morgan fingerprint density at radius 3 is 2.81 bits per heavy atom. The van der Waals surface area contributed by atoms with Crippen molar-refractivity contribution < 1.29 is 8.78 Å². The Balaban J connectivity index is 2.60. The Bertz CT molecular complexity index is 499. The lowest BCUT2D eigenvalue weighted by molar-refractivity contribution is 0.117. The van der Waals surface area contributed by atoms with E-state index in [0.29, 0.717) is 16.6 Å². The maximum atomic E-state index is 12.7. The fourth-order valence-electron chi connectivity index (χ4n) is 1.61. The van der Waals surface area contributed by atoms with Gasteiger partial charge in [0.25, 0.3) is 0 Å². The Morgan fingerprint density at radius 2 is 2.19 bits per heavy atom. The van der Waals surface area contributed by atoms with Gasteiger partial charge in [0.05, 0.1) is 11.3 Å². The summed E-state index contributed by atoms with van der Waals surface area (Å²) >= 11 is 5.85. The molecular weight excluding hydrogens is 238 g/mol. The van der Waals surface area contributed by atoms with Crippen LogP contribution >= 0.6 is 11.6 Å². The Labute approximate surface area is 94.8 Å². The molecule has 0 aliphatic rings. The smallest absolute Gasteiger partial charge is 0.246 e. The number of nitrogens with two attached hydrogens (primary N) is 1. The van der Waals surface area contributed by atoms with Crippen molar-refractivity contribution in [2.24, 2.45) is 5.73 Å². The van der Waals surface area contributed by atoms with Gasteiger partial charge in [-0.05, 0) is 5.56 Å². The summed E-state index contributed by atoms with van der Waals surface area (Å²) < 4.78 is 25.5. The average Bonchev–Trinajstić information content (AvgIpc) is 2.64. The summed E-state index contributed by atoms with van der Waals surface area (Å²) in [6.45, 7) is -0.157. The number of nitrogens with one attached hydrogen (secondary N) is 1. The van der Waals surface area contributed by atoms with E-state index in [1.807, 2.05) is 0 Å². The van der Waals surface area contributed by atoms with Crippen molar-refractivity contribution in [3.63, 3.8) is 0 Å². The Hall–Kier alpha value is -1.27. The molecule has 2 rings (SSSR count). The van der Waals surface area contributed by atoms with Crippen LogP contribution in [0.3, 0.4) is 0 Å². The van der Waals surface area contributed by atoms with Crippen LogP contribution < -0.4 is 5.73 Å². The minimum Gasteiger partial charge on any atom is -0.346 e. The highest BCUT2D eigenvalue weighted by Gasteiger charge is 2.25. The van der Waals surface area contributed by atoms with Gasteiger partial charge in [0, 0.05) is 12.7 Å². The second-order valence-electron chi connectivity index (χ2n) is 3.31. The summed E-state index contributed by atoms with van der Waals surface area (Å²) in [5.74, 6) is -1.06. The predicted octanol–water partition coefficient (Wildman–Crippen LogP) is 1.92. The van der Waals surface area contributed by atoms with Crippen LogP contribution in [-0.2, 0) is 0 Å². The number of halogens is 3. The molecular formula is C9H9ClF2N4. The normalized spacial score (nSPS) is 13.6. The molecule has 2 aromatic heterocycles. The topological polar surface area (TPSA) is 67.6 Å². The minimum atomic E-state index is -2.54. The first kappa shape index (κ1) is 11.2. The molecule has 0 aromatic carbocycles. The highest BCUT2D eigenvalue weighted by atomic mass is 35.5. The standard InChI is InChI=1S/C9H9ClF2N4/c10-7-6-5(4(1-13)8(11)12)2-14-9(6)16-3-15-7/h2-4,8H,1,13H2,(H,14,15,16). The molecule has 2 aromatic rings. The molecule has 4 nitrogen and oxygen atoms in total. The lowest BCUT2D eigenvalue weighted by atomic mass is 10.0. The molecule has 0 bridgehead atoms. The molecule has 0 fully saturated rings. The summed E-state index contributed by atoms with van der Waals surface area (Å²) in [6, 6.07) is 0. The Kier molecular flexibility index (Phi) is 3.02. The first-order valence-electron chi connectivity index (χ1n) is 4.60. The molecule has 0 radical (unpaired) electrons. The molecule has 0 amide bonds. The van der Waals surface area contributed by atoms with E-state index in [0.717, 1.165) is 0 Å². The van der Waals surface area contributed by atoms with Gasteiger partial charge in [-0.1, -0.05) is 11.6 Å². The van der Waals surface area contributed by atoms with Crippen LogP contribution in [0.25, 0.3) is 11.0 Å². The first-order chi connectivity index (χ1) is 7.65. The van der Waals surface area contributed by atoms with Gasteiger partial charge in [0.1, 0.15) is 17.1 Å². The zero-order valence-corrected chi connectivity index (χ0v) is 8.88. The van der Waals surface area contributed by atoms with Gasteiger partial charge in [0.15, 0.2) is 0 Å². The predicted molar refractivity (Wildman–Crippen MR) is 56.7 cm³/mol. The summed E-state index contributed by atoms with van der Waals surface area (Å²) in [5, 5.41) is 0.570. The molecule has 86 valence electrons. The van der Waals surface area contributed by atoms with E-state index in [1.165, 1.54) is 12.5 Å². The van der Waals surface area contributed by atoms with Crippen molar-refractivity contribution in [2.75, 3.05) is 6.54 Å². The molecule has 2 heterocycles. The van der Waals surface area contributed by atoms with Crippen molar-refractivity contribution >= 4 is 22.6 Å². The van der Waals surface area contributed by atoms with Crippen molar-refractivity contribution in [3.05, 3.63) is 23.2 Å². The maximum Gasteiger partial charge on any atom is 0.246 e. The van der Waals surface area contributed by atoms with Gasteiger partial charge in [-0.3, -0.25) is 0 Å². The number of hydrogen-bond acceptors (Lipinski definition) is 3. The number of hydrogen-bond donors (Lipinski definition) is 2. The number of nitrogens with zero attached hydrogens (tertiary/aromatic N) is 2. The van der Waals surface area contributed by atoms with Crippen LogP contribution in [-0.4, -0.2) is 27.9 Å². The Morgan fingerprint density at radius 1 is 1.44 bits per heavy atom. The van der Waals surface area contributed by atoms with Crippen molar-refractivity contribution in [3.8, 4) is 0 Å². The van der Waals surface area contributed by atoms with E-state index < -0.39 is 12.3 Å².